The molecule has 0 fully saturated rings. The van der Waals surface area contributed by atoms with Crippen molar-refractivity contribution >= 4 is 14.8 Å². The molecule has 0 aliphatic carbocycles. The predicted molar refractivity (Wildman–Crippen MR) is 58.7 cm³/mol. The van der Waals surface area contributed by atoms with Crippen molar-refractivity contribution in [3.63, 3.8) is 0 Å². The van der Waals surface area contributed by atoms with Crippen molar-refractivity contribution in [2.45, 2.75) is 6.04 Å². The molecular weight excluding hydrogens is 232 g/mol. The van der Waals surface area contributed by atoms with Crippen LogP contribution in [0.25, 0.3) is 0 Å². The number of hydrogen-bond acceptors (Lipinski definition) is 6. The first-order valence-corrected chi connectivity index (χ1v) is 6.59. The molecule has 0 saturated heterocycles. The highest BCUT2D eigenvalue weighted by atomic mass is 28.4. The van der Waals surface area contributed by atoms with Gasteiger partial charge >= 0.3 is 14.8 Å². The third-order valence-electron chi connectivity index (χ3n) is 1.88. The zero-order valence-corrected chi connectivity index (χ0v) is 10.9. The molecule has 0 heterocycles. The van der Waals surface area contributed by atoms with E-state index in [2.05, 4.69) is 11.3 Å². The van der Waals surface area contributed by atoms with Crippen LogP contribution < -0.4 is 0 Å². The average Bonchev–Trinajstić information content (AvgIpc) is 2.33. The van der Waals surface area contributed by atoms with Crippen molar-refractivity contribution in [3.05, 3.63) is 12.7 Å². The summed E-state index contributed by atoms with van der Waals surface area (Å²) in [6, 6.07) is 0.488. The molecular formula is C9H18O6Si. The lowest BCUT2D eigenvalue weighted by Gasteiger charge is -2.25. The molecule has 0 aromatic heterocycles. The van der Waals surface area contributed by atoms with Crippen molar-refractivity contribution in [1.82, 2.24) is 0 Å². The third kappa shape index (κ3) is 5.38. The van der Waals surface area contributed by atoms with Gasteiger partial charge in [-0.1, -0.05) is 6.58 Å². The number of ether oxygens (including phenoxy) is 2. The molecule has 0 rings (SSSR count). The summed E-state index contributed by atoms with van der Waals surface area (Å²) in [7, 11) is 1.76. The van der Waals surface area contributed by atoms with Crippen LogP contribution in [0.2, 0.25) is 6.04 Å². The van der Waals surface area contributed by atoms with Gasteiger partial charge in [-0.3, -0.25) is 0 Å². The first-order valence-electron chi connectivity index (χ1n) is 4.66. The van der Waals surface area contributed by atoms with E-state index in [4.69, 9.17) is 18.0 Å². The van der Waals surface area contributed by atoms with Crippen LogP contribution in [0, 0.1) is 0 Å². The van der Waals surface area contributed by atoms with Crippen molar-refractivity contribution in [3.8, 4) is 0 Å². The Kier molecular flexibility index (Phi) is 8.04. The lowest BCUT2D eigenvalue weighted by Crippen LogP contribution is -2.45. The van der Waals surface area contributed by atoms with E-state index in [0.29, 0.717) is 12.7 Å². The lowest BCUT2D eigenvalue weighted by atomic mass is 10.7. The minimum atomic E-state index is -2.78. The fraction of sp³-hybridized carbons (Fsp3) is 0.667. The predicted octanol–water partition coefficient (Wildman–Crippen LogP) is 0.568. The van der Waals surface area contributed by atoms with Crippen LogP contribution >= 0.6 is 0 Å². The highest BCUT2D eigenvalue weighted by Gasteiger charge is 2.39. The Balaban J connectivity index is 4.09. The summed E-state index contributed by atoms with van der Waals surface area (Å²) in [5.41, 5.74) is 0. The van der Waals surface area contributed by atoms with Gasteiger partial charge in [-0.15, -0.1) is 0 Å². The largest absolute Gasteiger partial charge is 0.505 e. The zero-order valence-electron chi connectivity index (χ0n) is 9.86. The number of methoxy groups -OCH3 is 1. The van der Waals surface area contributed by atoms with Crippen molar-refractivity contribution in [2.75, 3.05) is 34.7 Å². The number of rotatable bonds is 9. The van der Waals surface area contributed by atoms with Gasteiger partial charge < -0.3 is 22.8 Å². The first-order chi connectivity index (χ1) is 7.64. The molecule has 16 heavy (non-hydrogen) atoms. The van der Waals surface area contributed by atoms with E-state index in [0.717, 1.165) is 6.08 Å². The smallest absolute Gasteiger partial charge is 0.436 e. The lowest BCUT2D eigenvalue weighted by molar-refractivity contribution is -0.146. The SMILES string of the molecule is C=CC(=O)OCO[Si](CCOC)(OC)OC. The Morgan fingerprint density at radius 3 is 2.38 bits per heavy atom. The molecule has 0 aliphatic rings. The highest BCUT2D eigenvalue weighted by molar-refractivity contribution is 6.60. The van der Waals surface area contributed by atoms with Gasteiger partial charge in [0.1, 0.15) is 0 Å². The molecule has 0 atom stereocenters. The van der Waals surface area contributed by atoms with Crippen LogP contribution in [0.15, 0.2) is 12.7 Å². The topological polar surface area (TPSA) is 63.2 Å². The van der Waals surface area contributed by atoms with E-state index in [1.165, 1.54) is 14.2 Å². The molecule has 0 spiro atoms. The molecule has 0 aromatic carbocycles. The molecule has 0 aliphatic heterocycles. The number of hydrogen-bond donors (Lipinski definition) is 0. The summed E-state index contributed by atoms with van der Waals surface area (Å²) in [6.07, 6.45) is 1.06. The molecule has 7 heteroatoms. The van der Waals surface area contributed by atoms with Crippen LogP contribution in [0.3, 0.4) is 0 Å². The Morgan fingerprint density at radius 2 is 1.94 bits per heavy atom. The second-order valence-corrected chi connectivity index (χ2v) is 5.73. The maximum atomic E-state index is 10.8. The minimum absolute atomic E-state index is 0.220. The van der Waals surface area contributed by atoms with Crippen LogP contribution in [0.5, 0.6) is 0 Å². The normalized spacial score (nSPS) is 11.2. The second kappa shape index (κ2) is 8.42. The number of esters is 1. The summed E-state index contributed by atoms with van der Waals surface area (Å²) in [6.45, 7) is 3.49. The van der Waals surface area contributed by atoms with E-state index >= 15 is 0 Å². The highest BCUT2D eigenvalue weighted by Crippen LogP contribution is 2.13. The molecule has 0 radical (unpaired) electrons. The van der Waals surface area contributed by atoms with Crippen LogP contribution in [0.1, 0.15) is 0 Å². The van der Waals surface area contributed by atoms with E-state index < -0.39 is 14.8 Å². The molecule has 6 nitrogen and oxygen atoms in total. The minimum Gasteiger partial charge on any atom is -0.436 e. The molecule has 0 unspecified atom stereocenters. The fourth-order valence-electron chi connectivity index (χ4n) is 0.941. The first kappa shape index (κ1) is 15.3. The quantitative estimate of drug-likeness (QED) is 0.258. The Bertz CT molecular complexity index is 216. The van der Waals surface area contributed by atoms with Gasteiger partial charge in [0.05, 0.1) is 6.61 Å². The van der Waals surface area contributed by atoms with Gasteiger partial charge in [0.15, 0.2) is 6.79 Å². The molecule has 0 amide bonds. The van der Waals surface area contributed by atoms with Crippen LogP contribution in [0.4, 0.5) is 0 Å². The van der Waals surface area contributed by atoms with E-state index in [9.17, 15) is 4.79 Å². The van der Waals surface area contributed by atoms with Crippen LogP contribution in [-0.2, 0) is 27.5 Å². The molecule has 0 saturated carbocycles. The fourth-order valence-corrected chi connectivity index (χ4v) is 2.59. The number of carbonyl (C=O) groups excluding carboxylic acids is 1. The molecule has 94 valence electrons. The van der Waals surface area contributed by atoms with Gasteiger partial charge in [-0.25, -0.2) is 4.79 Å². The average molecular weight is 250 g/mol. The molecule has 0 aromatic rings. The Labute approximate surface area is 96.4 Å². The van der Waals surface area contributed by atoms with E-state index in [1.807, 2.05) is 0 Å². The molecule has 0 N–H and O–H groups in total. The summed E-state index contributed by atoms with van der Waals surface area (Å²) >= 11 is 0. The maximum absolute atomic E-state index is 10.8. The second-order valence-electron chi connectivity index (χ2n) is 2.76. The maximum Gasteiger partial charge on any atom is 0.505 e. The zero-order chi connectivity index (χ0) is 12.4. The van der Waals surface area contributed by atoms with Crippen molar-refractivity contribution < 1.29 is 27.5 Å². The van der Waals surface area contributed by atoms with Crippen LogP contribution in [-0.4, -0.2) is 49.5 Å². The van der Waals surface area contributed by atoms with Gasteiger partial charge in [0, 0.05) is 33.4 Å². The summed E-state index contributed by atoms with van der Waals surface area (Å²) < 4.78 is 25.3. The molecule has 0 bridgehead atoms. The van der Waals surface area contributed by atoms with Gasteiger partial charge in [0.25, 0.3) is 0 Å². The summed E-state index contributed by atoms with van der Waals surface area (Å²) in [4.78, 5) is 10.8. The Hall–Kier alpha value is -0.733. The Morgan fingerprint density at radius 1 is 1.31 bits per heavy atom. The number of carbonyl (C=O) groups is 1. The van der Waals surface area contributed by atoms with E-state index in [1.54, 1.807) is 7.11 Å². The standard InChI is InChI=1S/C9H18O6Si/c1-5-9(10)14-8-15-16(12-3,13-4)7-6-11-2/h5H,1,6-8H2,2-4H3. The summed E-state index contributed by atoms with van der Waals surface area (Å²) in [5.74, 6) is -0.554. The summed E-state index contributed by atoms with van der Waals surface area (Å²) in [5, 5.41) is 0. The van der Waals surface area contributed by atoms with E-state index in [-0.39, 0.29) is 6.79 Å². The monoisotopic (exact) mass is 250 g/mol. The van der Waals surface area contributed by atoms with Gasteiger partial charge in [-0.2, -0.15) is 0 Å². The van der Waals surface area contributed by atoms with Crippen molar-refractivity contribution in [1.29, 1.82) is 0 Å². The third-order valence-corrected chi connectivity index (χ3v) is 4.50. The van der Waals surface area contributed by atoms with Crippen molar-refractivity contribution in [2.24, 2.45) is 0 Å². The van der Waals surface area contributed by atoms with Gasteiger partial charge in [-0.05, 0) is 0 Å². The van der Waals surface area contributed by atoms with Gasteiger partial charge in [0.2, 0.25) is 0 Å².